The van der Waals surface area contributed by atoms with Crippen LogP contribution < -0.4 is 0 Å². The van der Waals surface area contributed by atoms with Gasteiger partial charge in [-0.15, -0.1) is 11.3 Å². The van der Waals surface area contributed by atoms with Gasteiger partial charge in [-0.2, -0.15) is 0 Å². The topological polar surface area (TPSA) is 42.4 Å². The summed E-state index contributed by atoms with van der Waals surface area (Å²) < 4.78 is 6.77. The zero-order valence-corrected chi connectivity index (χ0v) is 11.8. The molecule has 0 bridgehead atoms. The summed E-state index contributed by atoms with van der Waals surface area (Å²) >= 11 is 1.59. The maximum absolute atomic E-state index is 12.5. The van der Waals surface area contributed by atoms with Crippen molar-refractivity contribution < 1.29 is 9.53 Å². The minimum absolute atomic E-state index is 0.0666. The van der Waals surface area contributed by atoms with Gasteiger partial charge in [-0.1, -0.05) is 0 Å². The minimum Gasteiger partial charge on any atom is -0.372 e. The number of carbonyl (C=O) groups excluding carboxylic acids is 1. The SMILES string of the molecule is CC1CN(C(=O)c2ccc3scnc3c2)CC(C)O1. The van der Waals surface area contributed by atoms with E-state index in [1.807, 2.05) is 36.9 Å². The smallest absolute Gasteiger partial charge is 0.254 e. The van der Waals surface area contributed by atoms with E-state index in [0.29, 0.717) is 18.7 Å². The number of carbonyl (C=O) groups is 1. The molecule has 4 nitrogen and oxygen atoms in total. The van der Waals surface area contributed by atoms with Crippen molar-refractivity contribution >= 4 is 27.5 Å². The lowest BCUT2D eigenvalue weighted by Gasteiger charge is -2.35. The molecule has 2 heterocycles. The summed E-state index contributed by atoms with van der Waals surface area (Å²) in [6.07, 6.45) is 0.186. The van der Waals surface area contributed by atoms with Crippen LogP contribution in [0.25, 0.3) is 10.2 Å². The Kier molecular flexibility index (Phi) is 3.24. The Hall–Kier alpha value is -1.46. The highest BCUT2D eigenvalue weighted by Gasteiger charge is 2.26. The molecule has 1 aromatic heterocycles. The van der Waals surface area contributed by atoms with Crippen molar-refractivity contribution in [2.24, 2.45) is 0 Å². The van der Waals surface area contributed by atoms with E-state index in [9.17, 15) is 4.79 Å². The number of aromatic nitrogens is 1. The predicted molar refractivity (Wildman–Crippen MR) is 75.5 cm³/mol. The number of nitrogens with zero attached hydrogens (tertiary/aromatic N) is 2. The summed E-state index contributed by atoms with van der Waals surface area (Å²) in [5, 5.41) is 0. The molecule has 0 saturated carbocycles. The summed E-state index contributed by atoms with van der Waals surface area (Å²) in [4.78, 5) is 18.6. The number of benzene rings is 1. The third-order valence-corrected chi connectivity index (χ3v) is 4.09. The van der Waals surface area contributed by atoms with E-state index < -0.39 is 0 Å². The first-order valence-corrected chi connectivity index (χ1v) is 7.29. The highest BCUT2D eigenvalue weighted by atomic mass is 32.1. The summed E-state index contributed by atoms with van der Waals surface area (Å²) in [7, 11) is 0. The van der Waals surface area contributed by atoms with E-state index in [4.69, 9.17) is 4.74 Å². The van der Waals surface area contributed by atoms with Crippen molar-refractivity contribution in [3.8, 4) is 0 Å². The molecular formula is C14H16N2O2S. The molecule has 1 aliphatic rings. The monoisotopic (exact) mass is 276 g/mol. The average Bonchev–Trinajstić information content (AvgIpc) is 2.83. The van der Waals surface area contributed by atoms with Crippen LogP contribution in [0.4, 0.5) is 0 Å². The van der Waals surface area contributed by atoms with E-state index in [1.165, 1.54) is 0 Å². The van der Waals surface area contributed by atoms with Gasteiger partial charge in [0.05, 0.1) is 27.9 Å². The van der Waals surface area contributed by atoms with Crippen LogP contribution in [0.5, 0.6) is 0 Å². The number of ether oxygens (including phenoxy) is 1. The molecule has 1 aliphatic heterocycles. The molecule has 0 N–H and O–H groups in total. The van der Waals surface area contributed by atoms with Crippen molar-refractivity contribution in [2.45, 2.75) is 26.1 Å². The van der Waals surface area contributed by atoms with E-state index in [0.717, 1.165) is 10.2 Å². The van der Waals surface area contributed by atoms with Gasteiger partial charge in [-0.25, -0.2) is 4.98 Å². The van der Waals surface area contributed by atoms with Crippen LogP contribution in [-0.2, 0) is 4.74 Å². The molecule has 2 unspecified atom stereocenters. The zero-order valence-electron chi connectivity index (χ0n) is 11.0. The predicted octanol–water partition coefficient (Wildman–Crippen LogP) is 2.55. The fourth-order valence-corrected chi connectivity index (χ4v) is 3.18. The Morgan fingerprint density at radius 1 is 1.37 bits per heavy atom. The number of rotatable bonds is 1. The highest BCUT2D eigenvalue weighted by molar-refractivity contribution is 7.16. The van der Waals surface area contributed by atoms with Gasteiger partial charge in [0.25, 0.3) is 5.91 Å². The molecule has 1 fully saturated rings. The zero-order chi connectivity index (χ0) is 13.4. The lowest BCUT2D eigenvalue weighted by molar-refractivity contribution is -0.0586. The highest BCUT2D eigenvalue weighted by Crippen LogP contribution is 2.21. The number of fused-ring (bicyclic) bond motifs is 1. The van der Waals surface area contributed by atoms with Gasteiger partial charge >= 0.3 is 0 Å². The molecule has 2 atom stereocenters. The number of amides is 1. The molecular weight excluding hydrogens is 260 g/mol. The Morgan fingerprint density at radius 2 is 2.11 bits per heavy atom. The number of hydrogen-bond donors (Lipinski definition) is 0. The fourth-order valence-electron chi connectivity index (χ4n) is 2.52. The minimum atomic E-state index is 0.0666. The van der Waals surface area contributed by atoms with E-state index in [1.54, 1.807) is 16.8 Å². The fraction of sp³-hybridized carbons (Fsp3) is 0.429. The van der Waals surface area contributed by atoms with Gasteiger partial charge < -0.3 is 9.64 Å². The lowest BCUT2D eigenvalue weighted by atomic mass is 10.1. The molecule has 2 aromatic rings. The van der Waals surface area contributed by atoms with Crippen LogP contribution >= 0.6 is 11.3 Å². The molecule has 0 spiro atoms. The van der Waals surface area contributed by atoms with Crippen LogP contribution in [0.2, 0.25) is 0 Å². The van der Waals surface area contributed by atoms with Gasteiger partial charge in [-0.05, 0) is 32.0 Å². The molecule has 100 valence electrons. The van der Waals surface area contributed by atoms with Crippen molar-refractivity contribution in [3.63, 3.8) is 0 Å². The average molecular weight is 276 g/mol. The molecule has 19 heavy (non-hydrogen) atoms. The Bertz CT molecular complexity index is 600. The summed E-state index contributed by atoms with van der Waals surface area (Å²) in [5.41, 5.74) is 3.41. The lowest BCUT2D eigenvalue weighted by Crippen LogP contribution is -2.48. The first-order valence-electron chi connectivity index (χ1n) is 6.41. The van der Waals surface area contributed by atoms with Crippen molar-refractivity contribution in [1.82, 2.24) is 9.88 Å². The van der Waals surface area contributed by atoms with Crippen molar-refractivity contribution in [2.75, 3.05) is 13.1 Å². The summed E-state index contributed by atoms with van der Waals surface area (Å²) in [6.45, 7) is 5.30. The largest absolute Gasteiger partial charge is 0.372 e. The van der Waals surface area contributed by atoms with Crippen LogP contribution in [0.3, 0.4) is 0 Å². The normalized spacial score (nSPS) is 23.8. The molecule has 1 amide bonds. The van der Waals surface area contributed by atoms with Crippen LogP contribution in [0, 0.1) is 0 Å². The first-order chi connectivity index (χ1) is 9.13. The maximum Gasteiger partial charge on any atom is 0.254 e. The van der Waals surface area contributed by atoms with Crippen LogP contribution in [0.15, 0.2) is 23.7 Å². The third kappa shape index (κ3) is 2.48. The Morgan fingerprint density at radius 3 is 2.84 bits per heavy atom. The Labute approximate surface area is 116 Å². The van der Waals surface area contributed by atoms with Crippen molar-refractivity contribution in [1.29, 1.82) is 0 Å². The van der Waals surface area contributed by atoms with E-state index in [2.05, 4.69) is 4.98 Å². The Balaban J connectivity index is 1.86. The quantitative estimate of drug-likeness (QED) is 0.804. The molecule has 3 rings (SSSR count). The number of morpholine rings is 1. The van der Waals surface area contributed by atoms with Gasteiger partial charge in [0.1, 0.15) is 0 Å². The summed E-state index contributed by atoms with van der Waals surface area (Å²) in [5.74, 6) is 0.0666. The van der Waals surface area contributed by atoms with Crippen molar-refractivity contribution in [3.05, 3.63) is 29.3 Å². The van der Waals surface area contributed by atoms with Gasteiger partial charge in [0.15, 0.2) is 0 Å². The third-order valence-electron chi connectivity index (χ3n) is 3.28. The van der Waals surface area contributed by atoms with Crippen LogP contribution in [0.1, 0.15) is 24.2 Å². The summed E-state index contributed by atoms with van der Waals surface area (Å²) in [6, 6.07) is 5.72. The number of thiazole rings is 1. The second kappa shape index (κ2) is 4.90. The standard InChI is InChI=1S/C14H16N2O2S/c1-9-6-16(7-10(2)18-9)14(17)11-3-4-13-12(5-11)15-8-19-13/h3-5,8-10H,6-7H2,1-2H3. The number of hydrogen-bond acceptors (Lipinski definition) is 4. The molecule has 0 aliphatic carbocycles. The van der Waals surface area contributed by atoms with Crippen LogP contribution in [-0.4, -0.2) is 41.1 Å². The maximum atomic E-state index is 12.5. The van der Waals surface area contributed by atoms with Gasteiger partial charge in [-0.3, -0.25) is 4.79 Å². The first kappa shape index (κ1) is 12.6. The van der Waals surface area contributed by atoms with Gasteiger partial charge in [0, 0.05) is 18.7 Å². The van der Waals surface area contributed by atoms with Gasteiger partial charge in [0.2, 0.25) is 0 Å². The second-order valence-corrected chi connectivity index (χ2v) is 5.89. The van der Waals surface area contributed by atoms with E-state index >= 15 is 0 Å². The molecule has 1 aromatic carbocycles. The molecule has 1 saturated heterocycles. The molecule has 0 radical (unpaired) electrons. The second-order valence-electron chi connectivity index (χ2n) is 5.00. The van der Waals surface area contributed by atoms with E-state index in [-0.39, 0.29) is 18.1 Å². The molecule has 5 heteroatoms.